The molecule has 0 aliphatic rings. The van der Waals surface area contributed by atoms with Crippen LogP contribution in [0.1, 0.15) is 39.8 Å². The smallest absolute Gasteiger partial charge is 0.251 e. The first-order valence-electron chi connectivity index (χ1n) is 12.0. The predicted molar refractivity (Wildman–Crippen MR) is 140 cm³/mol. The molecule has 186 valence electrons. The normalized spacial score (nSPS) is 11.9. The van der Waals surface area contributed by atoms with Gasteiger partial charge in [0.1, 0.15) is 5.65 Å². The number of carbonyl (C=O) groups is 2. The number of hydrogen-bond acceptors (Lipinski definition) is 5. The topological polar surface area (TPSA) is 106 Å². The van der Waals surface area contributed by atoms with Crippen LogP contribution < -0.4 is 10.6 Å². The van der Waals surface area contributed by atoms with E-state index in [1.165, 1.54) is 0 Å². The van der Waals surface area contributed by atoms with Crippen molar-refractivity contribution >= 4 is 17.5 Å². The van der Waals surface area contributed by atoms with Crippen LogP contribution >= 0.6 is 0 Å². The summed E-state index contributed by atoms with van der Waals surface area (Å²) in [6.45, 7) is 4.00. The molecule has 0 spiro atoms. The number of fused-ring (bicyclic) bond motifs is 1. The Morgan fingerprint density at radius 2 is 1.89 bits per heavy atom. The Morgan fingerprint density at radius 1 is 1.03 bits per heavy atom. The molecule has 2 N–H and O–H groups in total. The molecule has 4 heterocycles. The van der Waals surface area contributed by atoms with Gasteiger partial charge in [0.2, 0.25) is 5.91 Å². The van der Waals surface area contributed by atoms with Crippen molar-refractivity contribution < 1.29 is 9.59 Å². The van der Waals surface area contributed by atoms with Crippen LogP contribution in [0.5, 0.6) is 0 Å². The molecule has 0 fully saturated rings. The van der Waals surface area contributed by atoms with Crippen molar-refractivity contribution in [1.29, 1.82) is 0 Å². The van der Waals surface area contributed by atoms with Gasteiger partial charge >= 0.3 is 0 Å². The molecule has 0 saturated heterocycles. The number of aryl methyl sites for hydroxylation is 2. The van der Waals surface area contributed by atoms with Gasteiger partial charge in [-0.3, -0.25) is 19.0 Å². The maximum absolute atomic E-state index is 13.1. The van der Waals surface area contributed by atoms with E-state index < -0.39 is 6.04 Å². The van der Waals surface area contributed by atoms with Crippen LogP contribution in [0.4, 0.5) is 0 Å². The zero-order chi connectivity index (χ0) is 25.9. The molecule has 0 bridgehead atoms. The summed E-state index contributed by atoms with van der Waals surface area (Å²) < 4.78 is 3.86. The third kappa shape index (κ3) is 4.97. The number of pyridine rings is 2. The number of benzene rings is 1. The lowest BCUT2D eigenvalue weighted by Crippen LogP contribution is -2.32. The Labute approximate surface area is 214 Å². The molecule has 0 radical (unpaired) electrons. The summed E-state index contributed by atoms with van der Waals surface area (Å²) in [6, 6.07) is 16.7. The lowest BCUT2D eigenvalue weighted by Gasteiger charge is -2.18. The van der Waals surface area contributed by atoms with Gasteiger partial charge in [-0.1, -0.05) is 18.2 Å². The van der Waals surface area contributed by atoms with Crippen molar-refractivity contribution in [2.24, 2.45) is 0 Å². The first-order valence-corrected chi connectivity index (χ1v) is 12.0. The van der Waals surface area contributed by atoms with E-state index in [4.69, 9.17) is 0 Å². The number of imidazole rings is 1. The molecule has 2 amide bonds. The van der Waals surface area contributed by atoms with Crippen molar-refractivity contribution in [3.05, 3.63) is 102 Å². The van der Waals surface area contributed by atoms with E-state index in [9.17, 15) is 9.59 Å². The van der Waals surface area contributed by atoms with Gasteiger partial charge < -0.3 is 10.6 Å². The number of amides is 2. The third-order valence-corrected chi connectivity index (χ3v) is 6.23. The van der Waals surface area contributed by atoms with Crippen molar-refractivity contribution in [3.8, 4) is 16.9 Å². The van der Waals surface area contributed by atoms with Crippen molar-refractivity contribution in [2.75, 3.05) is 7.05 Å². The van der Waals surface area contributed by atoms with Crippen LogP contribution in [0.2, 0.25) is 0 Å². The fourth-order valence-corrected chi connectivity index (χ4v) is 4.39. The summed E-state index contributed by atoms with van der Waals surface area (Å²) in [5.74, 6) is -0.471. The number of aromatic nitrogens is 5. The molecule has 0 unspecified atom stereocenters. The van der Waals surface area contributed by atoms with E-state index in [2.05, 4.69) is 31.8 Å². The van der Waals surface area contributed by atoms with Gasteiger partial charge in [0.15, 0.2) is 0 Å². The van der Waals surface area contributed by atoms with Crippen LogP contribution in [0.3, 0.4) is 0 Å². The minimum Gasteiger partial charge on any atom is -0.359 e. The van der Waals surface area contributed by atoms with Gasteiger partial charge in [-0.15, -0.1) is 0 Å². The highest BCUT2D eigenvalue weighted by Crippen LogP contribution is 2.25. The zero-order valence-electron chi connectivity index (χ0n) is 20.8. The van der Waals surface area contributed by atoms with E-state index >= 15 is 0 Å². The largest absolute Gasteiger partial charge is 0.359 e. The van der Waals surface area contributed by atoms with Crippen LogP contribution in [0.15, 0.2) is 79.4 Å². The minimum atomic E-state index is -0.509. The molecule has 37 heavy (non-hydrogen) atoms. The summed E-state index contributed by atoms with van der Waals surface area (Å²) in [5.41, 5.74) is 6.72. The summed E-state index contributed by atoms with van der Waals surface area (Å²) in [7, 11) is 1.57. The Kier molecular flexibility index (Phi) is 6.51. The highest BCUT2D eigenvalue weighted by atomic mass is 16.2. The third-order valence-electron chi connectivity index (χ3n) is 6.23. The number of carbonyl (C=O) groups excluding carboxylic acids is 2. The summed E-state index contributed by atoms with van der Waals surface area (Å²) >= 11 is 0. The van der Waals surface area contributed by atoms with E-state index in [0.717, 1.165) is 33.9 Å². The van der Waals surface area contributed by atoms with E-state index in [1.54, 1.807) is 43.8 Å². The summed E-state index contributed by atoms with van der Waals surface area (Å²) in [6.07, 6.45) is 7.04. The Morgan fingerprint density at radius 3 is 2.62 bits per heavy atom. The molecule has 5 aromatic rings. The molecule has 0 aliphatic heterocycles. The molecule has 9 heteroatoms. The summed E-state index contributed by atoms with van der Waals surface area (Å²) in [4.78, 5) is 33.9. The maximum atomic E-state index is 13.1. The lowest BCUT2D eigenvalue weighted by atomic mass is 10.0. The minimum absolute atomic E-state index is 0.106. The Balaban J connectivity index is 1.42. The van der Waals surface area contributed by atoms with Crippen molar-refractivity contribution in [3.63, 3.8) is 0 Å². The van der Waals surface area contributed by atoms with Gasteiger partial charge in [-0.2, -0.15) is 5.10 Å². The van der Waals surface area contributed by atoms with E-state index in [0.29, 0.717) is 11.2 Å². The van der Waals surface area contributed by atoms with Crippen molar-refractivity contribution in [1.82, 2.24) is 34.8 Å². The highest BCUT2D eigenvalue weighted by molar-refractivity contribution is 5.95. The maximum Gasteiger partial charge on any atom is 0.251 e. The SMILES string of the molecule is CNC(=O)C[C@H](NC(=O)c1ccn2c(-c3cccc(-n4nc(C)cc4C)c3)cnc2c1)c1cccnc1. The van der Waals surface area contributed by atoms with Gasteiger partial charge in [0, 0.05) is 42.5 Å². The molecular weight excluding hydrogens is 466 g/mol. The predicted octanol–water partition coefficient (Wildman–Crippen LogP) is 3.81. The second-order valence-corrected chi connectivity index (χ2v) is 8.87. The van der Waals surface area contributed by atoms with E-state index in [1.807, 2.05) is 59.5 Å². The lowest BCUT2D eigenvalue weighted by molar-refractivity contribution is -0.121. The van der Waals surface area contributed by atoms with Crippen molar-refractivity contribution in [2.45, 2.75) is 26.3 Å². The number of nitrogens with one attached hydrogen (secondary N) is 2. The average molecular weight is 494 g/mol. The van der Waals surface area contributed by atoms with Crippen LogP contribution in [0.25, 0.3) is 22.6 Å². The number of hydrogen-bond donors (Lipinski definition) is 2. The van der Waals surface area contributed by atoms with Crippen LogP contribution in [0, 0.1) is 13.8 Å². The standard InChI is InChI=1S/C28H27N7O2/c1-18-12-19(2)35(33-18)23-8-4-6-20(13-23)25-17-31-26-14-21(9-11-34(25)26)28(37)32-24(15-27(36)29-3)22-7-5-10-30-16-22/h4-14,16-17,24H,15H2,1-3H3,(H,29,36)(H,32,37)/t24-/m0/s1. The fourth-order valence-electron chi connectivity index (χ4n) is 4.39. The molecule has 4 aromatic heterocycles. The first-order chi connectivity index (χ1) is 17.9. The Hall–Kier alpha value is -4.79. The molecular formula is C28H27N7O2. The molecule has 1 aromatic carbocycles. The second kappa shape index (κ2) is 10.1. The van der Waals surface area contributed by atoms with Crippen LogP contribution in [-0.4, -0.2) is 43.0 Å². The quantitative estimate of drug-likeness (QED) is 0.359. The first kappa shape index (κ1) is 23.9. The average Bonchev–Trinajstić information content (AvgIpc) is 3.50. The second-order valence-electron chi connectivity index (χ2n) is 8.87. The van der Waals surface area contributed by atoms with Gasteiger partial charge in [-0.25, -0.2) is 9.67 Å². The molecule has 5 rings (SSSR count). The fraction of sp³-hybridized carbons (Fsp3) is 0.179. The molecule has 9 nitrogen and oxygen atoms in total. The molecule has 0 saturated carbocycles. The van der Waals surface area contributed by atoms with E-state index in [-0.39, 0.29) is 18.2 Å². The molecule has 0 aliphatic carbocycles. The van der Waals surface area contributed by atoms with Gasteiger partial charge in [0.25, 0.3) is 5.91 Å². The highest BCUT2D eigenvalue weighted by Gasteiger charge is 2.20. The van der Waals surface area contributed by atoms with Crippen LogP contribution in [-0.2, 0) is 4.79 Å². The molecule has 1 atom stereocenters. The van der Waals surface area contributed by atoms with Gasteiger partial charge in [-0.05, 0) is 55.8 Å². The van der Waals surface area contributed by atoms with Gasteiger partial charge in [0.05, 0.1) is 35.7 Å². The Bertz CT molecular complexity index is 1590. The monoisotopic (exact) mass is 493 g/mol. The number of nitrogens with zero attached hydrogens (tertiary/aromatic N) is 5. The summed E-state index contributed by atoms with van der Waals surface area (Å²) in [5, 5.41) is 10.2. The zero-order valence-corrected chi connectivity index (χ0v) is 20.8. The number of rotatable bonds is 7.